The number of rotatable bonds is 2. The Hall–Kier alpha value is -1.16. The summed E-state index contributed by atoms with van der Waals surface area (Å²) >= 11 is 0. The predicted octanol–water partition coefficient (Wildman–Crippen LogP) is 3.25. The molecular weight excluding hydrogens is 236 g/mol. The Labute approximate surface area is 106 Å². The lowest BCUT2D eigenvalue weighted by atomic mass is 9.72. The first-order chi connectivity index (χ1) is 8.40. The van der Waals surface area contributed by atoms with Crippen LogP contribution in [0.15, 0.2) is 18.2 Å². The molecule has 4 heteroatoms. The van der Waals surface area contributed by atoms with Gasteiger partial charge in [-0.1, -0.05) is 13.8 Å². The maximum absolute atomic E-state index is 13.5. The van der Waals surface area contributed by atoms with Crippen molar-refractivity contribution in [3.63, 3.8) is 0 Å². The number of nitrogens with two attached hydrogens (primary N) is 1. The first-order valence-corrected chi connectivity index (χ1v) is 6.27. The summed E-state index contributed by atoms with van der Waals surface area (Å²) in [5.41, 5.74) is 6.12. The molecule has 1 aliphatic rings. The maximum atomic E-state index is 13.5. The molecule has 0 radical (unpaired) electrons. The van der Waals surface area contributed by atoms with Gasteiger partial charge in [0.05, 0.1) is 0 Å². The van der Waals surface area contributed by atoms with Crippen LogP contribution in [-0.4, -0.2) is 12.1 Å². The van der Waals surface area contributed by atoms with E-state index in [-0.39, 0.29) is 23.3 Å². The van der Waals surface area contributed by atoms with Crippen LogP contribution in [0.1, 0.15) is 33.1 Å². The molecule has 0 spiro atoms. The second kappa shape index (κ2) is 4.84. The van der Waals surface area contributed by atoms with Crippen LogP contribution >= 0.6 is 0 Å². The molecule has 2 nitrogen and oxygen atoms in total. The third kappa shape index (κ3) is 2.64. The topological polar surface area (TPSA) is 35.2 Å². The average molecular weight is 255 g/mol. The summed E-state index contributed by atoms with van der Waals surface area (Å²) in [7, 11) is 0. The monoisotopic (exact) mass is 255 g/mol. The third-order valence-electron chi connectivity index (χ3n) is 3.78. The quantitative estimate of drug-likeness (QED) is 0.880. The highest BCUT2D eigenvalue weighted by Gasteiger charge is 2.38. The maximum Gasteiger partial charge on any atom is 0.165 e. The molecule has 1 saturated carbocycles. The van der Waals surface area contributed by atoms with Gasteiger partial charge >= 0.3 is 0 Å². The van der Waals surface area contributed by atoms with Crippen molar-refractivity contribution in [1.82, 2.24) is 0 Å². The van der Waals surface area contributed by atoms with E-state index in [2.05, 4.69) is 13.8 Å². The molecule has 18 heavy (non-hydrogen) atoms. The third-order valence-corrected chi connectivity index (χ3v) is 3.78. The van der Waals surface area contributed by atoms with E-state index in [1.54, 1.807) is 0 Å². The molecule has 0 aromatic heterocycles. The molecule has 1 aromatic rings. The van der Waals surface area contributed by atoms with Crippen molar-refractivity contribution in [3.05, 3.63) is 29.8 Å². The Morgan fingerprint density at radius 3 is 2.78 bits per heavy atom. The van der Waals surface area contributed by atoms with Gasteiger partial charge in [0.15, 0.2) is 11.6 Å². The molecule has 0 bridgehead atoms. The molecule has 1 fully saturated rings. The number of hydrogen-bond donors (Lipinski definition) is 1. The molecule has 0 saturated heterocycles. The molecule has 0 heterocycles. The van der Waals surface area contributed by atoms with Crippen LogP contribution in [0.4, 0.5) is 8.78 Å². The second-order valence-corrected chi connectivity index (χ2v) is 5.64. The standard InChI is InChI=1S/C14H19F2NO/c1-14(2)7-3-4-11(13(14)17)18-12-8-9(15)5-6-10(12)16/h5-6,8,11,13H,3-4,7,17H2,1-2H3. The lowest BCUT2D eigenvalue weighted by Crippen LogP contribution is -2.52. The van der Waals surface area contributed by atoms with Gasteiger partial charge in [-0.25, -0.2) is 8.78 Å². The fraction of sp³-hybridized carbons (Fsp3) is 0.571. The molecule has 2 N–H and O–H groups in total. The van der Waals surface area contributed by atoms with E-state index < -0.39 is 11.6 Å². The van der Waals surface area contributed by atoms with Crippen LogP contribution in [0.3, 0.4) is 0 Å². The fourth-order valence-corrected chi connectivity index (χ4v) is 2.47. The Balaban J connectivity index is 2.15. The average Bonchev–Trinajstić information content (AvgIpc) is 2.30. The molecule has 2 unspecified atom stereocenters. The summed E-state index contributed by atoms with van der Waals surface area (Å²) in [5, 5.41) is 0. The zero-order chi connectivity index (χ0) is 13.3. The Morgan fingerprint density at radius 2 is 2.06 bits per heavy atom. The molecule has 100 valence electrons. The minimum absolute atomic E-state index is 0.0350. The number of halogens is 2. The van der Waals surface area contributed by atoms with Crippen molar-refractivity contribution < 1.29 is 13.5 Å². The van der Waals surface area contributed by atoms with Crippen LogP contribution in [-0.2, 0) is 0 Å². The summed E-state index contributed by atoms with van der Waals surface area (Å²) in [4.78, 5) is 0. The highest BCUT2D eigenvalue weighted by atomic mass is 19.1. The Morgan fingerprint density at radius 1 is 1.33 bits per heavy atom. The minimum Gasteiger partial charge on any atom is -0.486 e. The number of hydrogen-bond acceptors (Lipinski definition) is 2. The SMILES string of the molecule is CC1(C)CCCC(Oc2cc(F)ccc2F)C1N. The van der Waals surface area contributed by atoms with Gasteiger partial charge < -0.3 is 10.5 Å². The zero-order valence-electron chi connectivity index (χ0n) is 10.7. The van der Waals surface area contributed by atoms with Gasteiger partial charge in [-0.3, -0.25) is 0 Å². The lowest BCUT2D eigenvalue weighted by Gasteiger charge is -2.41. The van der Waals surface area contributed by atoms with E-state index in [0.717, 1.165) is 37.5 Å². The van der Waals surface area contributed by atoms with Gasteiger partial charge in [0.25, 0.3) is 0 Å². The largest absolute Gasteiger partial charge is 0.486 e. The van der Waals surface area contributed by atoms with Gasteiger partial charge in [0, 0.05) is 12.1 Å². The summed E-state index contributed by atoms with van der Waals surface area (Å²) < 4.78 is 32.2. The van der Waals surface area contributed by atoms with Crippen LogP contribution in [0.2, 0.25) is 0 Å². The number of ether oxygens (including phenoxy) is 1. The van der Waals surface area contributed by atoms with E-state index in [1.165, 1.54) is 0 Å². The van der Waals surface area contributed by atoms with Crippen molar-refractivity contribution in [2.45, 2.75) is 45.3 Å². The van der Waals surface area contributed by atoms with E-state index in [1.807, 2.05) is 0 Å². The molecule has 2 atom stereocenters. The van der Waals surface area contributed by atoms with Crippen LogP contribution in [0, 0.1) is 17.0 Å². The van der Waals surface area contributed by atoms with E-state index >= 15 is 0 Å². The minimum atomic E-state index is -0.549. The summed E-state index contributed by atoms with van der Waals surface area (Å²) in [6.45, 7) is 4.16. The molecule has 0 amide bonds. The summed E-state index contributed by atoms with van der Waals surface area (Å²) in [6, 6.07) is 3.05. The van der Waals surface area contributed by atoms with E-state index in [9.17, 15) is 8.78 Å². The molecular formula is C14H19F2NO. The summed E-state index contributed by atoms with van der Waals surface area (Å²) in [6.07, 6.45) is 2.53. The van der Waals surface area contributed by atoms with Gasteiger partial charge in [-0.2, -0.15) is 0 Å². The predicted molar refractivity (Wildman–Crippen MR) is 66.4 cm³/mol. The lowest BCUT2D eigenvalue weighted by molar-refractivity contribution is 0.0538. The van der Waals surface area contributed by atoms with Crippen molar-refractivity contribution in [2.24, 2.45) is 11.1 Å². The number of benzene rings is 1. The van der Waals surface area contributed by atoms with Crippen LogP contribution < -0.4 is 10.5 Å². The Kier molecular flexibility index (Phi) is 3.57. The molecule has 1 aliphatic carbocycles. The van der Waals surface area contributed by atoms with Crippen LogP contribution in [0.5, 0.6) is 5.75 Å². The summed E-state index contributed by atoms with van der Waals surface area (Å²) in [5.74, 6) is -1.10. The normalized spacial score (nSPS) is 26.9. The van der Waals surface area contributed by atoms with Gasteiger partial charge in [-0.05, 0) is 36.8 Å². The second-order valence-electron chi connectivity index (χ2n) is 5.64. The van der Waals surface area contributed by atoms with Crippen LogP contribution in [0.25, 0.3) is 0 Å². The van der Waals surface area contributed by atoms with Crippen molar-refractivity contribution in [2.75, 3.05) is 0 Å². The molecule has 0 aliphatic heterocycles. The zero-order valence-corrected chi connectivity index (χ0v) is 10.7. The Bertz CT molecular complexity index is 434. The first kappa shape index (κ1) is 13.3. The van der Waals surface area contributed by atoms with E-state index in [4.69, 9.17) is 10.5 Å². The first-order valence-electron chi connectivity index (χ1n) is 6.27. The van der Waals surface area contributed by atoms with Gasteiger partial charge in [0.2, 0.25) is 0 Å². The molecule has 2 rings (SSSR count). The highest BCUT2D eigenvalue weighted by Crippen LogP contribution is 2.36. The van der Waals surface area contributed by atoms with E-state index in [0.29, 0.717) is 0 Å². The van der Waals surface area contributed by atoms with Crippen molar-refractivity contribution >= 4 is 0 Å². The van der Waals surface area contributed by atoms with Gasteiger partial charge in [-0.15, -0.1) is 0 Å². The van der Waals surface area contributed by atoms with Gasteiger partial charge in [0.1, 0.15) is 11.9 Å². The highest BCUT2D eigenvalue weighted by molar-refractivity contribution is 5.25. The fourth-order valence-electron chi connectivity index (χ4n) is 2.47. The van der Waals surface area contributed by atoms with Crippen molar-refractivity contribution in [1.29, 1.82) is 0 Å². The van der Waals surface area contributed by atoms with Crippen molar-refractivity contribution in [3.8, 4) is 5.75 Å². The smallest absolute Gasteiger partial charge is 0.165 e. The molecule has 1 aromatic carbocycles.